The lowest BCUT2D eigenvalue weighted by atomic mass is 9.82. The number of nitrogens with one attached hydrogen (secondary N) is 1. The van der Waals surface area contributed by atoms with Crippen molar-refractivity contribution in [1.82, 2.24) is 5.32 Å². The molecule has 1 N–H and O–H groups in total. The lowest BCUT2D eigenvalue weighted by molar-refractivity contribution is -0.110. The van der Waals surface area contributed by atoms with Crippen LogP contribution in [0.25, 0.3) is 0 Å². The average Bonchev–Trinajstić information content (AvgIpc) is 2.51. The summed E-state index contributed by atoms with van der Waals surface area (Å²) >= 11 is 5.88. The molecule has 2 rings (SSSR count). The minimum absolute atomic E-state index is 0.151. The SMILES string of the molecule is CCNC(Cc1ccc(F)c(Cl)c1)C1(OC)CCOCC1. The number of halogens is 2. The van der Waals surface area contributed by atoms with Crippen LogP contribution >= 0.6 is 11.6 Å². The van der Waals surface area contributed by atoms with Crippen LogP contribution < -0.4 is 5.32 Å². The van der Waals surface area contributed by atoms with Crippen molar-refractivity contribution in [2.24, 2.45) is 0 Å². The van der Waals surface area contributed by atoms with Gasteiger partial charge in [0.25, 0.3) is 0 Å². The molecule has 0 bridgehead atoms. The second-order valence-corrected chi connectivity index (χ2v) is 5.85. The molecule has 1 aromatic carbocycles. The van der Waals surface area contributed by atoms with E-state index in [1.54, 1.807) is 19.2 Å². The van der Waals surface area contributed by atoms with E-state index in [9.17, 15) is 4.39 Å². The molecular weight excluding hydrogens is 293 g/mol. The molecule has 1 aliphatic heterocycles. The van der Waals surface area contributed by atoms with Gasteiger partial charge in [-0.1, -0.05) is 24.6 Å². The van der Waals surface area contributed by atoms with E-state index in [-0.39, 0.29) is 22.5 Å². The Kier molecular flexibility index (Phi) is 5.99. The van der Waals surface area contributed by atoms with Gasteiger partial charge in [-0.25, -0.2) is 4.39 Å². The van der Waals surface area contributed by atoms with Gasteiger partial charge in [0.05, 0.1) is 10.6 Å². The molecule has 118 valence electrons. The summed E-state index contributed by atoms with van der Waals surface area (Å²) in [6.07, 6.45) is 2.47. The standard InChI is InChI=1S/C16H23ClFNO2/c1-3-19-15(16(20-2)6-8-21-9-7-16)11-12-4-5-14(18)13(17)10-12/h4-5,10,15,19H,3,6-9,11H2,1-2H3. The second kappa shape index (κ2) is 7.54. The molecular formula is C16H23ClFNO2. The molecule has 1 aromatic rings. The molecule has 1 unspecified atom stereocenters. The molecule has 0 aliphatic carbocycles. The molecule has 5 heteroatoms. The van der Waals surface area contributed by atoms with Crippen LogP contribution in [-0.4, -0.2) is 38.5 Å². The first-order valence-electron chi connectivity index (χ1n) is 7.41. The van der Waals surface area contributed by atoms with Crippen molar-refractivity contribution in [3.05, 3.63) is 34.6 Å². The number of rotatable bonds is 6. The molecule has 1 heterocycles. The van der Waals surface area contributed by atoms with E-state index in [4.69, 9.17) is 21.1 Å². The maximum atomic E-state index is 13.3. The summed E-state index contributed by atoms with van der Waals surface area (Å²) in [6.45, 7) is 4.35. The Bertz CT molecular complexity index is 464. The van der Waals surface area contributed by atoms with Crippen molar-refractivity contribution >= 4 is 11.6 Å². The highest BCUT2D eigenvalue weighted by Crippen LogP contribution is 2.30. The summed E-state index contributed by atoms with van der Waals surface area (Å²) in [4.78, 5) is 0. The van der Waals surface area contributed by atoms with Crippen LogP contribution in [0.5, 0.6) is 0 Å². The van der Waals surface area contributed by atoms with Gasteiger partial charge in [0.15, 0.2) is 0 Å². The van der Waals surface area contributed by atoms with Crippen LogP contribution in [0.1, 0.15) is 25.3 Å². The minimum Gasteiger partial charge on any atom is -0.381 e. The maximum Gasteiger partial charge on any atom is 0.141 e. The van der Waals surface area contributed by atoms with Crippen LogP contribution in [0.2, 0.25) is 5.02 Å². The smallest absolute Gasteiger partial charge is 0.141 e. The Balaban J connectivity index is 2.18. The van der Waals surface area contributed by atoms with Gasteiger partial charge in [0.2, 0.25) is 0 Å². The first kappa shape index (κ1) is 16.7. The van der Waals surface area contributed by atoms with Crippen molar-refractivity contribution in [2.75, 3.05) is 26.9 Å². The highest BCUT2D eigenvalue weighted by atomic mass is 35.5. The lowest BCUT2D eigenvalue weighted by Gasteiger charge is -2.42. The number of likely N-dealkylation sites (N-methyl/N-ethyl adjacent to an activating group) is 1. The normalized spacial score (nSPS) is 19.4. The second-order valence-electron chi connectivity index (χ2n) is 5.44. The Hall–Kier alpha value is -0.680. The van der Waals surface area contributed by atoms with E-state index < -0.39 is 0 Å². The van der Waals surface area contributed by atoms with Gasteiger partial charge in [-0.3, -0.25) is 0 Å². The maximum absolute atomic E-state index is 13.3. The van der Waals surface area contributed by atoms with Crippen molar-refractivity contribution in [3.63, 3.8) is 0 Å². The van der Waals surface area contributed by atoms with Gasteiger partial charge >= 0.3 is 0 Å². The molecule has 1 aliphatic rings. The number of methoxy groups -OCH3 is 1. The summed E-state index contributed by atoms with van der Waals surface area (Å²) in [6, 6.07) is 5.06. The van der Waals surface area contributed by atoms with E-state index >= 15 is 0 Å². The molecule has 0 saturated carbocycles. The van der Waals surface area contributed by atoms with Crippen molar-refractivity contribution in [3.8, 4) is 0 Å². The van der Waals surface area contributed by atoms with Crippen LogP contribution in [0.3, 0.4) is 0 Å². The zero-order chi connectivity index (χ0) is 15.3. The number of ether oxygens (including phenoxy) is 2. The topological polar surface area (TPSA) is 30.5 Å². The number of hydrogen-bond acceptors (Lipinski definition) is 3. The molecule has 1 atom stereocenters. The largest absolute Gasteiger partial charge is 0.381 e. The highest BCUT2D eigenvalue weighted by molar-refractivity contribution is 6.30. The molecule has 0 amide bonds. The first-order chi connectivity index (χ1) is 10.1. The fourth-order valence-corrected chi connectivity index (χ4v) is 3.21. The molecule has 0 aromatic heterocycles. The zero-order valence-electron chi connectivity index (χ0n) is 12.6. The zero-order valence-corrected chi connectivity index (χ0v) is 13.4. The van der Waals surface area contributed by atoms with Crippen LogP contribution in [0.15, 0.2) is 18.2 Å². The predicted molar refractivity (Wildman–Crippen MR) is 82.4 cm³/mol. The summed E-state index contributed by atoms with van der Waals surface area (Å²) in [5.41, 5.74) is 0.769. The Labute approximate surface area is 130 Å². The van der Waals surface area contributed by atoms with E-state index in [1.165, 1.54) is 6.07 Å². The molecule has 1 fully saturated rings. The average molecular weight is 316 g/mol. The van der Waals surface area contributed by atoms with E-state index in [0.717, 1.165) is 31.4 Å². The van der Waals surface area contributed by atoms with E-state index in [0.29, 0.717) is 13.2 Å². The van der Waals surface area contributed by atoms with Gasteiger partial charge in [0.1, 0.15) is 5.82 Å². The fraction of sp³-hybridized carbons (Fsp3) is 0.625. The third-order valence-electron chi connectivity index (χ3n) is 4.26. The van der Waals surface area contributed by atoms with Gasteiger partial charge in [-0.2, -0.15) is 0 Å². The third kappa shape index (κ3) is 3.95. The van der Waals surface area contributed by atoms with Crippen molar-refractivity contribution in [1.29, 1.82) is 0 Å². The quantitative estimate of drug-likeness (QED) is 0.874. The summed E-state index contributed by atoms with van der Waals surface area (Å²) in [5.74, 6) is -0.382. The number of benzene rings is 1. The Morgan fingerprint density at radius 2 is 2.14 bits per heavy atom. The highest BCUT2D eigenvalue weighted by Gasteiger charge is 2.40. The molecule has 1 saturated heterocycles. The molecule has 0 spiro atoms. The molecule has 0 radical (unpaired) electrons. The molecule has 3 nitrogen and oxygen atoms in total. The monoisotopic (exact) mass is 315 g/mol. The Morgan fingerprint density at radius 3 is 2.71 bits per heavy atom. The van der Waals surface area contributed by atoms with Gasteiger partial charge in [-0.15, -0.1) is 0 Å². The van der Waals surface area contributed by atoms with E-state index in [1.807, 2.05) is 0 Å². The first-order valence-corrected chi connectivity index (χ1v) is 7.79. The van der Waals surface area contributed by atoms with E-state index in [2.05, 4.69) is 12.2 Å². The Morgan fingerprint density at radius 1 is 1.43 bits per heavy atom. The van der Waals surface area contributed by atoms with Crippen LogP contribution in [0, 0.1) is 5.82 Å². The van der Waals surface area contributed by atoms with Crippen LogP contribution in [0.4, 0.5) is 4.39 Å². The van der Waals surface area contributed by atoms with Gasteiger partial charge in [0, 0.05) is 39.2 Å². The van der Waals surface area contributed by atoms with Crippen LogP contribution in [-0.2, 0) is 15.9 Å². The van der Waals surface area contributed by atoms with Crippen molar-refractivity contribution in [2.45, 2.75) is 37.8 Å². The number of hydrogen-bond donors (Lipinski definition) is 1. The lowest BCUT2D eigenvalue weighted by Crippen LogP contribution is -2.56. The fourth-order valence-electron chi connectivity index (χ4n) is 3.00. The summed E-state index contributed by atoms with van der Waals surface area (Å²) in [5, 5.41) is 3.68. The predicted octanol–water partition coefficient (Wildman–Crippen LogP) is 3.20. The summed E-state index contributed by atoms with van der Waals surface area (Å²) < 4.78 is 24.6. The van der Waals surface area contributed by atoms with Gasteiger partial charge in [-0.05, 0) is 30.7 Å². The third-order valence-corrected chi connectivity index (χ3v) is 4.54. The van der Waals surface area contributed by atoms with Crippen molar-refractivity contribution < 1.29 is 13.9 Å². The summed E-state index contributed by atoms with van der Waals surface area (Å²) in [7, 11) is 1.76. The molecule has 21 heavy (non-hydrogen) atoms. The van der Waals surface area contributed by atoms with Gasteiger partial charge < -0.3 is 14.8 Å². The minimum atomic E-state index is -0.382.